The van der Waals surface area contributed by atoms with Crippen LogP contribution in [-0.4, -0.2) is 46.1 Å². The van der Waals surface area contributed by atoms with E-state index in [-0.39, 0.29) is 11.5 Å². The van der Waals surface area contributed by atoms with Gasteiger partial charge in [0, 0.05) is 25.9 Å². The van der Waals surface area contributed by atoms with Gasteiger partial charge in [-0.25, -0.2) is 4.98 Å². The van der Waals surface area contributed by atoms with Crippen LogP contribution < -0.4 is 14.8 Å². The maximum atomic E-state index is 10.8. The summed E-state index contributed by atoms with van der Waals surface area (Å²) in [5, 5.41) is 2.69. The Kier molecular flexibility index (Phi) is 14.0. The number of aromatic nitrogens is 2. The Hall–Kier alpha value is -2.67. The number of amides is 1. The number of benzene rings is 1. The molecule has 2 aromatic rings. The van der Waals surface area contributed by atoms with Crippen LogP contribution in [0.25, 0.3) is 0 Å². The van der Waals surface area contributed by atoms with E-state index >= 15 is 0 Å². The molecular formula is C28H46N4O3. The highest BCUT2D eigenvalue weighted by Crippen LogP contribution is 2.24. The molecule has 0 radical (unpaired) electrons. The number of hydrogen-bond donors (Lipinski definition) is 1. The third-order valence-corrected chi connectivity index (χ3v) is 5.12. The molecule has 1 aromatic carbocycles. The molecule has 35 heavy (non-hydrogen) atoms. The van der Waals surface area contributed by atoms with Crippen LogP contribution in [0.4, 0.5) is 5.69 Å². The van der Waals surface area contributed by atoms with Gasteiger partial charge in [0.15, 0.2) is 0 Å². The number of para-hydroxylation sites is 2. The van der Waals surface area contributed by atoms with E-state index in [1.165, 1.54) is 26.2 Å². The van der Waals surface area contributed by atoms with Crippen molar-refractivity contribution in [1.82, 2.24) is 14.9 Å². The van der Waals surface area contributed by atoms with E-state index in [9.17, 15) is 4.79 Å². The zero-order valence-electron chi connectivity index (χ0n) is 23.1. The summed E-state index contributed by atoms with van der Waals surface area (Å²) < 4.78 is 11.2. The van der Waals surface area contributed by atoms with E-state index in [4.69, 9.17) is 9.47 Å². The van der Waals surface area contributed by atoms with E-state index in [1.54, 1.807) is 12.4 Å². The number of hydrogen-bond acceptors (Lipinski definition) is 6. The van der Waals surface area contributed by atoms with Crippen LogP contribution in [0.3, 0.4) is 0 Å². The molecule has 1 amide bonds. The van der Waals surface area contributed by atoms with Crippen LogP contribution in [-0.2, 0) is 11.3 Å². The summed E-state index contributed by atoms with van der Waals surface area (Å²) in [5.41, 5.74) is 1.44. The maximum absolute atomic E-state index is 10.8. The standard InChI is InChI=1S/C16H27N3O.C10H13NO2.C2H6/c1-13-6-5-10-19(11-7-13)12-14-15(18-9-8-17-14)20-16(2,3)4;1-3-13-10-7-5-4-6-9(10)11-8(2)12;1-2/h8-9,13H,5-7,10-12H2,1-4H3;4-7H,3H2,1-2H3,(H,11,12);1-2H3. The molecule has 1 aromatic heterocycles. The van der Waals surface area contributed by atoms with Gasteiger partial charge in [-0.15, -0.1) is 0 Å². The number of rotatable bonds is 6. The lowest BCUT2D eigenvalue weighted by molar-refractivity contribution is -0.114. The highest BCUT2D eigenvalue weighted by molar-refractivity contribution is 5.90. The molecule has 3 rings (SSSR count). The summed E-state index contributed by atoms with van der Waals surface area (Å²) >= 11 is 0. The van der Waals surface area contributed by atoms with E-state index in [0.29, 0.717) is 18.2 Å². The second-order valence-corrected chi connectivity index (χ2v) is 9.45. The van der Waals surface area contributed by atoms with E-state index in [1.807, 2.05) is 65.8 Å². The zero-order valence-corrected chi connectivity index (χ0v) is 23.1. The first-order chi connectivity index (χ1) is 16.7. The summed E-state index contributed by atoms with van der Waals surface area (Å²) in [7, 11) is 0. The van der Waals surface area contributed by atoms with Crippen molar-refractivity contribution in [2.45, 2.75) is 86.8 Å². The maximum Gasteiger partial charge on any atom is 0.237 e. The molecule has 7 nitrogen and oxygen atoms in total. The Morgan fingerprint density at radius 1 is 1.11 bits per heavy atom. The van der Waals surface area contributed by atoms with Crippen molar-refractivity contribution < 1.29 is 14.3 Å². The highest BCUT2D eigenvalue weighted by atomic mass is 16.5. The van der Waals surface area contributed by atoms with E-state index in [2.05, 4.69) is 27.1 Å². The Balaban J connectivity index is 0.000000354. The molecule has 2 heterocycles. The predicted octanol–water partition coefficient (Wildman–Crippen LogP) is 6.35. The third kappa shape index (κ3) is 12.6. The van der Waals surface area contributed by atoms with Gasteiger partial charge in [0.1, 0.15) is 17.0 Å². The highest BCUT2D eigenvalue weighted by Gasteiger charge is 2.20. The van der Waals surface area contributed by atoms with Crippen molar-refractivity contribution in [3.8, 4) is 11.6 Å². The minimum atomic E-state index is -0.238. The lowest BCUT2D eigenvalue weighted by Crippen LogP contribution is -2.28. The van der Waals surface area contributed by atoms with Crippen molar-refractivity contribution in [2.75, 3.05) is 25.0 Å². The topological polar surface area (TPSA) is 76.6 Å². The van der Waals surface area contributed by atoms with Crippen LogP contribution >= 0.6 is 0 Å². The van der Waals surface area contributed by atoms with Gasteiger partial charge in [0.25, 0.3) is 0 Å². The third-order valence-electron chi connectivity index (χ3n) is 5.12. The average Bonchev–Trinajstić information content (AvgIpc) is 3.01. The van der Waals surface area contributed by atoms with Gasteiger partial charge < -0.3 is 14.8 Å². The number of nitrogens with one attached hydrogen (secondary N) is 1. The molecule has 1 aliphatic rings. The second-order valence-electron chi connectivity index (χ2n) is 9.45. The van der Waals surface area contributed by atoms with Gasteiger partial charge in [-0.1, -0.05) is 32.9 Å². The summed E-state index contributed by atoms with van der Waals surface area (Å²) in [6.45, 7) is 19.6. The fraction of sp³-hybridized carbons (Fsp3) is 0.607. The van der Waals surface area contributed by atoms with Crippen LogP contribution in [0.15, 0.2) is 36.7 Å². The minimum Gasteiger partial charge on any atom is -0.492 e. The Bertz CT molecular complexity index is 867. The minimum absolute atomic E-state index is 0.0906. The van der Waals surface area contributed by atoms with Crippen LogP contribution in [0.5, 0.6) is 11.6 Å². The Morgan fingerprint density at radius 3 is 2.46 bits per heavy atom. The number of nitrogens with zero attached hydrogens (tertiary/aromatic N) is 3. The first-order valence-electron chi connectivity index (χ1n) is 12.9. The van der Waals surface area contributed by atoms with E-state index < -0.39 is 0 Å². The van der Waals surface area contributed by atoms with Gasteiger partial charge in [-0.3, -0.25) is 14.7 Å². The van der Waals surface area contributed by atoms with Gasteiger partial charge >= 0.3 is 0 Å². The largest absolute Gasteiger partial charge is 0.492 e. The average molecular weight is 487 g/mol. The van der Waals surface area contributed by atoms with Crippen molar-refractivity contribution in [2.24, 2.45) is 5.92 Å². The Morgan fingerprint density at radius 2 is 1.80 bits per heavy atom. The Labute approximate surface area is 212 Å². The van der Waals surface area contributed by atoms with Gasteiger partial charge in [-0.2, -0.15) is 0 Å². The molecule has 0 saturated carbocycles. The van der Waals surface area contributed by atoms with Gasteiger partial charge in [-0.05, 0) is 78.1 Å². The first kappa shape index (κ1) is 30.4. The molecule has 1 N–H and O–H groups in total. The molecule has 0 aliphatic carbocycles. The number of carbonyl (C=O) groups excluding carboxylic acids is 1. The molecule has 1 unspecified atom stereocenters. The first-order valence-corrected chi connectivity index (χ1v) is 12.9. The van der Waals surface area contributed by atoms with Crippen LogP contribution in [0, 0.1) is 5.92 Å². The number of likely N-dealkylation sites (tertiary alicyclic amines) is 1. The SMILES string of the molecule is CC.CC1CCCN(Cc2nccnc2OC(C)(C)C)CC1.CCOc1ccccc1NC(C)=O. The lowest BCUT2D eigenvalue weighted by Gasteiger charge is -2.24. The van der Waals surface area contributed by atoms with Crippen molar-refractivity contribution in [3.63, 3.8) is 0 Å². The van der Waals surface area contributed by atoms with Crippen LogP contribution in [0.2, 0.25) is 0 Å². The number of anilines is 1. The molecule has 1 saturated heterocycles. The van der Waals surface area contributed by atoms with Gasteiger partial charge in [0.05, 0.1) is 12.3 Å². The fourth-order valence-electron chi connectivity index (χ4n) is 3.57. The van der Waals surface area contributed by atoms with Crippen LogP contribution in [0.1, 0.15) is 80.3 Å². The fourth-order valence-corrected chi connectivity index (χ4v) is 3.57. The van der Waals surface area contributed by atoms with E-state index in [0.717, 1.165) is 36.9 Å². The quantitative estimate of drug-likeness (QED) is 0.513. The normalized spacial score (nSPS) is 15.9. The van der Waals surface area contributed by atoms with Crippen molar-refractivity contribution in [1.29, 1.82) is 0 Å². The predicted molar refractivity (Wildman–Crippen MR) is 144 cm³/mol. The molecule has 0 spiro atoms. The monoisotopic (exact) mass is 486 g/mol. The van der Waals surface area contributed by atoms with Crippen molar-refractivity contribution in [3.05, 3.63) is 42.4 Å². The summed E-state index contributed by atoms with van der Waals surface area (Å²) in [6.07, 6.45) is 7.34. The lowest BCUT2D eigenvalue weighted by atomic mass is 10.0. The molecule has 1 atom stereocenters. The van der Waals surface area contributed by atoms with Crippen molar-refractivity contribution >= 4 is 11.6 Å². The number of ether oxygens (including phenoxy) is 2. The zero-order chi connectivity index (χ0) is 26.3. The summed E-state index contributed by atoms with van der Waals surface area (Å²) in [5.74, 6) is 2.14. The molecular weight excluding hydrogens is 440 g/mol. The second kappa shape index (κ2) is 16.1. The molecule has 196 valence electrons. The summed E-state index contributed by atoms with van der Waals surface area (Å²) in [4.78, 5) is 22.1. The molecule has 1 fully saturated rings. The smallest absolute Gasteiger partial charge is 0.237 e. The summed E-state index contributed by atoms with van der Waals surface area (Å²) in [6, 6.07) is 7.37. The van der Waals surface area contributed by atoms with Gasteiger partial charge in [0.2, 0.25) is 11.8 Å². The molecule has 0 bridgehead atoms. The number of carbonyl (C=O) groups is 1. The molecule has 7 heteroatoms. The molecule has 1 aliphatic heterocycles.